The molecule has 0 aliphatic rings. The van der Waals surface area contributed by atoms with E-state index in [0.717, 1.165) is 10.2 Å². The highest BCUT2D eigenvalue weighted by Crippen LogP contribution is 2.18. The summed E-state index contributed by atoms with van der Waals surface area (Å²) < 4.78 is 26.5. The van der Waals surface area contributed by atoms with Gasteiger partial charge in [-0.15, -0.1) is 0 Å². The van der Waals surface area contributed by atoms with Crippen LogP contribution in [0.25, 0.3) is 5.69 Å². The molecule has 18 heavy (non-hydrogen) atoms. The second-order valence-electron chi connectivity index (χ2n) is 4.19. The summed E-state index contributed by atoms with van der Waals surface area (Å²) in [7, 11) is -3.21. The first kappa shape index (κ1) is 13.3. The smallest absolute Gasteiger partial charge is 0.180 e. The largest absolute Gasteiger partial charge is 0.240 e. The molecule has 96 valence electrons. The van der Waals surface area contributed by atoms with E-state index < -0.39 is 15.1 Å². The van der Waals surface area contributed by atoms with Crippen LogP contribution >= 0.6 is 15.9 Å². The van der Waals surface area contributed by atoms with Crippen LogP contribution in [-0.4, -0.2) is 23.4 Å². The van der Waals surface area contributed by atoms with E-state index in [1.165, 1.54) is 0 Å². The van der Waals surface area contributed by atoms with Crippen molar-refractivity contribution < 1.29 is 8.42 Å². The Bertz CT molecular complexity index is 645. The zero-order chi connectivity index (χ0) is 13.3. The topological polar surface area (TPSA) is 52.0 Å². The van der Waals surface area contributed by atoms with E-state index in [0.29, 0.717) is 4.90 Å². The third kappa shape index (κ3) is 2.49. The maximum Gasteiger partial charge on any atom is 0.180 e. The number of hydrogen-bond donors (Lipinski definition) is 0. The van der Waals surface area contributed by atoms with Crippen LogP contribution in [0.3, 0.4) is 0 Å². The Morgan fingerprint density at radius 2 is 1.83 bits per heavy atom. The Kier molecular flexibility index (Phi) is 3.59. The monoisotopic (exact) mass is 328 g/mol. The van der Waals surface area contributed by atoms with Crippen LogP contribution in [-0.2, 0) is 9.84 Å². The summed E-state index contributed by atoms with van der Waals surface area (Å²) in [6.45, 7) is 3.35. The number of benzene rings is 1. The van der Waals surface area contributed by atoms with Crippen LogP contribution in [0.2, 0.25) is 0 Å². The number of hydrogen-bond acceptors (Lipinski definition) is 3. The first-order valence-electron chi connectivity index (χ1n) is 5.46. The number of aromatic nitrogens is 2. The molecule has 0 amide bonds. The van der Waals surface area contributed by atoms with Crippen LogP contribution in [0.4, 0.5) is 0 Å². The van der Waals surface area contributed by atoms with Gasteiger partial charge in [0.1, 0.15) is 0 Å². The third-order valence-corrected chi connectivity index (χ3v) is 5.18. The van der Waals surface area contributed by atoms with Gasteiger partial charge in [0.2, 0.25) is 0 Å². The van der Waals surface area contributed by atoms with Crippen molar-refractivity contribution in [2.24, 2.45) is 0 Å². The van der Waals surface area contributed by atoms with Gasteiger partial charge in [-0.2, -0.15) is 5.10 Å². The number of halogens is 1. The van der Waals surface area contributed by atoms with Crippen molar-refractivity contribution >= 4 is 25.8 Å². The zero-order valence-corrected chi connectivity index (χ0v) is 12.4. The van der Waals surface area contributed by atoms with Gasteiger partial charge in [0.05, 0.1) is 26.5 Å². The van der Waals surface area contributed by atoms with E-state index in [1.54, 1.807) is 49.0 Å². The molecule has 0 saturated heterocycles. The number of sulfone groups is 1. The van der Waals surface area contributed by atoms with Crippen LogP contribution < -0.4 is 0 Å². The van der Waals surface area contributed by atoms with E-state index in [9.17, 15) is 8.42 Å². The van der Waals surface area contributed by atoms with Crippen molar-refractivity contribution in [1.29, 1.82) is 0 Å². The second-order valence-corrected chi connectivity index (χ2v) is 7.61. The van der Waals surface area contributed by atoms with Crippen molar-refractivity contribution in [2.45, 2.75) is 24.0 Å². The van der Waals surface area contributed by atoms with Gasteiger partial charge < -0.3 is 0 Å². The van der Waals surface area contributed by atoms with Crippen molar-refractivity contribution in [3.8, 4) is 5.69 Å². The highest BCUT2D eigenvalue weighted by atomic mass is 79.9. The fourth-order valence-electron chi connectivity index (χ4n) is 1.50. The Morgan fingerprint density at radius 1 is 1.22 bits per heavy atom. The Morgan fingerprint density at radius 3 is 2.28 bits per heavy atom. The average Bonchev–Trinajstić information content (AvgIpc) is 2.76. The second kappa shape index (κ2) is 4.85. The Balaban J connectivity index is 2.37. The fourth-order valence-corrected chi connectivity index (χ4v) is 2.85. The summed E-state index contributed by atoms with van der Waals surface area (Å²) in [4.78, 5) is 0.340. The van der Waals surface area contributed by atoms with Crippen molar-refractivity contribution in [2.75, 3.05) is 0 Å². The molecule has 1 heterocycles. The first-order valence-corrected chi connectivity index (χ1v) is 7.79. The van der Waals surface area contributed by atoms with E-state index in [-0.39, 0.29) is 0 Å². The van der Waals surface area contributed by atoms with Crippen molar-refractivity contribution in [1.82, 2.24) is 9.78 Å². The summed E-state index contributed by atoms with van der Waals surface area (Å²) in [5.74, 6) is 0. The van der Waals surface area contributed by atoms with Crippen LogP contribution in [0.5, 0.6) is 0 Å². The minimum atomic E-state index is -3.21. The molecule has 0 aliphatic heterocycles. The van der Waals surface area contributed by atoms with Crippen molar-refractivity contribution in [3.63, 3.8) is 0 Å². The molecule has 1 aromatic carbocycles. The molecule has 0 radical (unpaired) electrons. The molecule has 2 aromatic rings. The molecule has 1 aromatic heterocycles. The van der Waals surface area contributed by atoms with Crippen LogP contribution in [0, 0.1) is 0 Å². The maximum atomic E-state index is 12.0. The molecule has 4 nitrogen and oxygen atoms in total. The summed E-state index contributed by atoms with van der Waals surface area (Å²) in [6.07, 6.45) is 3.49. The fraction of sp³-hybridized carbons (Fsp3) is 0.250. The van der Waals surface area contributed by atoms with Crippen LogP contribution in [0.15, 0.2) is 46.0 Å². The normalized spacial score (nSPS) is 12.0. The maximum absolute atomic E-state index is 12.0. The van der Waals surface area contributed by atoms with Crippen molar-refractivity contribution in [3.05, 3.63) is 41.1 Å². The minimum absolute atomic E-state index is 0.340. The minimum Gasteiger partial charge on any atom is -0.240 e. The molecule has 0 saturated carbocycles. The number of rotatable bonds is 3. The van der Waals surface area contributed by atoms with E-state index in [2.05, 4.69) is 21.0 Å². The van der Waals surface area contributed by atoms with Gasteiger partial charge in [-0.25, -0.2) is 13.1 Å². The molecule has 6 heteroatoms. The zero-order valence-electron chi connectivity index (χ0n) is 10.0. The molecule has 0 bridgehead atoms. The molecule has 0 unspecified atom stereocenters. The Hall–Kier alpha value is -1.14. The number of nitrogens with zero attached hydrogens (tertiary/aromatic N) is 2. The SMILES string of the molecule is CC(C)S(=O)(=O)c1ccc(-n2cc(Br)cn2)cc1. The highest BCUT2D eigenvalue weighted by molar-refractivity contribution is 9.10. The summed E-state index contributed by atoms with van der Waals surface area (Å²) in [6, 6.07) is 6.71. The van der Waals surface area contributed by atoms with Gasteiger partial charge in [0, 0.05) is 6.20 Å². The van der Waals surface area contributed by atoms with E-state index in [4.69, 9.17) is 0 Å². The lowest BCUT2D eigenvalue weighted by Gasteiger charge is -2.08. The summed E-state index contributed by atoms with van der Waals surface area (Å²) in [5, 5.41) is 3.72. The van der Waals surface area contributed by atoms with Gasteiger partial charge in [0.15, 0.2) is 9.84 Å². The molecular formula is C12H13BrN2O2S. The molecule has 2 rings (SSSR count). The van der Waals surface area contributed by atoms with Crippen LogP contribution in [0.1, 0.15) is 13.8 Å². The predicted molar refractivity (Wildman–Crippen MR) is 73.6 cm³/mol. The lowest BCUT2D eigenvalue weighted by Crippen LogP contribution is -2.13. The molecule has 0 fully saturated rings. The van der Waals surface area contributed by atoms with Gasteiger partial charge >= 0.3 is 0 Å². The molecule has 0 aliphatic carbocycles. The van der Waals surface area contributed by atoms with E-state index >= 15 is 0 Å². The molecule has 0 spiro atoms. The predicted octanol–water partition coefficient (Wildman–Crippen LogP) is 2.82. The summed E-state index contributed by atoms with van der Waals surface area (Å²) in [5.41, 5.74) is 0.823. The van der Waals surface area contributed by atoms with Gasteiger partial charge in [-0.1, -0.05) is 0 Å². The Labute approximate surface area is 115 Å². The lowest BCUT2D eigenvalue weighted by molar-refractivity contribution is 0.587. The summed E-state index contributed by atoms with van der Waals surface area (Å²) >= 11 is 3.32. The molecular weight excluding hydrogens is 316 g/mol. The van der Waals surface area contributed by atoms with E-state index in [1.807, 2.05) is 6.20 Å². The van der Waals surface area contributed by atoms with Gasteiger partial charge in [-0.3, -0.25) is 0 Å². The standard InChI is InChI=1S/C12H13BrN2O2S/c1-9(2)18(16,17)12-5-3-11(4-6-12)15-8-10(13)7-14-15/h3-9H,1-2H3. The van der Waals surface area contributed by atoms with Gasteiger partial charge in [-0.05, 0) is 54.0 Å². The first-order chi connectivity index (χ1) is 8.41. The quantitative estimate of drug-likeness (QED) is 0.870. The molecule has 0 atom stereocenters. The molecule has 0 N–H and O–H groups in total. The highest BCUT2D eigenvalue weighted by Gasteiger charge is 2.18. The van der Waals surface area contributed by atoms with Gasteiger partial charge in [0.25, 0.3) is 0 Å². The lowest BCUT2D eigenvalue weighted by atomic mass is 10.3. The third-order valence-electron chi connectivity index (χ3n) is 2.60. The average molecular weight is 329 g/mol.